The van der Waals surface area contributed by atoms with Crippen molar-refractivity contribution in [2.24, 2.45) is 0 Å². The number of aromatic nitrogens is 1. The van der Waals surface area contributed by atoms with E-state index < -0.39 is 10.8 Å². The van der Waals surface area contributed by atoms with E-state index in [0.717, 1.165) is 70.7 Å². The third-order valence-electron chi connectivity index (χ3n) is 8.19. The van der Waals surface area contributed by atoms with Crippen LogP contribution in [0.5, 0.6) is 0 Å². The molecule has 2 saturated heterocycles. The first-order valence-electron chi connectivity index (χ1n) is 14.6. The van der Waals surface area contributed by atoms with Gasteiger partial charge in [0.2, 0.25) is 11.8 Å². The second kappa shape index (κ2) is 13.4. The predicted molar refractivity (Wildman–Crippen MR) is 175 cm³/mol. The zero-order valence-corrected chi connectivity index (χ0v) is 26.9. The van der Waals surface area contributed by atoms with Crippen LogP contribution in [0.1, 0.15) is 30.0 Å². The highest BCUT2D eigenvalue weighted by atomic mass is 79.9. The molecule has 2 amide bonds. The maximum Gasteiger partial charge on any atom is 0.239 e. The number of likely N-dealkylation sites (tertiary alicyclic amines) is 1. The summed E-state index contributed by atoms with van der Waals surface area (Å²) in [6.07, 6.45) is 2.87. The summed E-state index contributed by atoms with van der Waals surface area (Å²) in [6.45, 7) is 5.11. The van der Waals surface area contributed by atoms with Crippen LogP contribution in [0, 0.1) is 0 Å². The van der Waals surface area contributed by atoms with Crippen LogP contribution in [0.3, 0.4) is 0 Å². The molecule has 2 aliphatic rings. The number of thioether (sulfide) groups is 1. The van der Waals surface area contributed by atoms with E-state index in [4.69, 9.17) is 16.3 Å². The number of nitrogens with one attached hydrogen (secondary N) is 2. The molecule has 0 unspecified atom stereocenters. The molecule has 2 fully saturated rings. The Kier molecular flexibility index (Phi) is 9.45. The molecule has 3 heterocycles. The van der Waals surface area contributed by atoms with Gasteiger partial charge in [-0.15, -0.1) is 11.8 Å². The number of carbonyl (C=O) groups excluding carboxylic acids is 2. The minimum atomic E-state index is -1.10. The molecule has 6 rings (SSSR count). The average molecular weight is 682 g/mol. The van der Waals surface area contributed by atoms with Gasteiger partial charge in [-0.3, -0.25) is 14.5 Å². The number of H-pyrrole nitrogens is 1. The van der Waals surface area contributed by atoms with Crippen LogP contribution in [-0.4, -0.2) is 70.7 Å². The molecule has 1 aromatic heterocycles. The van der Waals surface area contributed by atoms with Gasteiger partial charge in [0.25, 0.3) is 0 Å². The Morgan fingerprint density at radius 3 is 2.63 bits per heavy atom. The van der Waals surface area contributed by atoms with Crippen molar-refractivity contribution in [2.45, 2.75) is 35.1 Å². The number of nitrogens with zero attached hydrogens (tertiary/aromatic N) is 2. The van der Waals surface area contributed by atoms with E-state index >= 15 is 0 Å². The smallest absolute Gasteiger partial charge is 0.239 e. The standard InChI is InChI=1S/C33H34BrClN4O3S/c34-24-9-12-29-27(19-24)28(21-37-29)31-33(43-26-5-2-1-3-6-26,32(41)36-13-4-14-38-15-17-42-18-16-38)20-30(40)39(31)22-23-7-10-25(35)11-8-23/h1-3,5-12,19,21,31,37H,4,13-18,20,22H2,(H,36,41)/t31-,33-/m1/s1. The Morgan fingerprint density at radius 1 is 1.09 bits per heavy atom. The van der Waals surface area contributed by atoms with Crippen molar-refractivity contribution in [1.29, 1.82) is 0 Å². The zero-order chi connectivity index (χ0) is 29.8. The molecule has 0 spiro atoms. The molecule has 2 atom stereocenters. The normalized spacial score (nSPS) is 21.0. The molecule has 0 radical (unpaired) electrons. The summed E-state index contributed by atoms with van der Waals surface area (Å²) in [5.41, 5.74) is 2.83. The van der Waals surface area contributed by atoms with Gasteiger partial charge in [-0.25, -0.2) is 0 Å². The molecule has 2 N–H and O–H groups in total. The fourth-order valence-electron chi connectivity index (χ4n) is 6.06. The summed E-state index contributed by atoms with van der Waals surface area (Å²) < 4.78 is 5.31. The van der Waals surface area contributed by atoms with Crippen LogP contribution in [0.25, 0.3) is 10.9 Å². The SMILES string of the molecule is O=C1C[C@](Sc2ccccc2)(C(=O)NCCCN2CCOCC2)[C@@H](c2c[nH]c3ccc(Br)cc23)N1Cc1ccc(Cl)cc1. The summed E-state index contributed by atoms with van der Waals surface area (Å²) in [6, 6.07) is 23.0. The molecule has 10 heteroatoms. The molecule has 43 heavy (non-hydrogen) atoms. The lowest BCUT2D eigenvalue weighted by molar-refractivity contribution is -0.129. The zero-order valence-electron chi connectivity index (χ0n) is 23.7. The van der Waals surface area contributed by atoms with E-state index in [0.29, 0.717) is 18.1 Å². The van der Waals surface area contributed by atoms with Crippen LogP contribution >= 0.6 is 39.3 Å². The van der Waals surface area contributed by atoms with Gasteiger partial charge >= 0.3 is 0 Å². The van der Waals surface area contributed by atoms with Gasteiger partial charge in [0.15, 0.2) is 0 Å². The van der Waals surface area contributed by atoms with Crippen LogP contribution in [0.2, 0.25) is 5.02 Å². The van der Waals surface area contributed by atoms with Crippen molar-refractivity contribution in [3.05, 3.63) is 99.6 Å². The number of benzene rings is 3. The quantitative estimate of drug-likeness (QED) is 0.189. The molecule has 0 bridgehead atoms. The van der Waals surface area contributed by atoms with Gasteiger partial charge in [0.1, 0.15) is 4.75 Å². The van der Waals surface area contributed by atoms with E-state index in [1.807, 2.05) is 77.8 Å². The van der Waals surface area contributed by atoms with Crippen molar-refractivity contribution in [3.8, 4) is 0 Å². The highest BCUT2D eigenvalue weighted by Gasteiger charge is 2.58. The molecule has 3 aromatic carbocycles. The molecular weight excluding hydrogens is 648 g/mol. The largest absolute Gasteiger partial charge is 0.379 e. The van der Waals surface area contributed by atoms with Crippen molar-refractivity contribution >= 4 is 62.0 Å². The van der Waals surface area contributed by atoms with E-state index in [9.17, 15) is 9.59 Å². The molecule has 7 nitrogen and oxygen atoms in total. The van der Waals surface area contributed by atoms with Gasteiger partial charge in [0, 0.05) is 63.2 Å². The van der Waals surface area contributed by atoms with E-state index in [1.165, 1.54) is 11.8 Å². The second-order valence-corrected chi connectivity index (χ2v) is 13.8. The first kappa shape index (κ1) is 30.2. The first-order chi connectivity index (χ1) is 20.9. The van der Waals surface area contributed by atoms with Crippen LogP contribution in [-0.2, 0) is 20.9 Å². The number of amides is 2. The van der Waals surface area contributed by atoms with Gasteiger partial charge < -0.3 is 19.9 Å². The van der Waals surface area contributed by atoms with E-state index in [1.54, 1.807) is 0 Å². The van der Waals surface area contributed by atoms with Crippen molar-refractivity contribution < 1.29 is 14.3 Å². The number of halogens is 2. The highest BCUT2D eigenvalue weighted by molar-refractivity contribution is 9.10. The fraction of sp³-hybridized carbons (Fsp3) is 0.333. The summed E-state index contributed by atoms with van der Waals surface area (Å²) in [5, 5.41) is 4.87. The second-order valence-electron chi connectivity index (χ2n) is 11.0. The van der Waals surface area contributed by atoms with Gasteiger partial charge in [0.05, 0.1) is 25.7 Å². The van der Waals surface area contributed by atoms with Crippen LogP contribution in [0.4, 0.5) is 0 Å². The lowest BCUT2D eigenvalue weighted by Crippen LogP contribution is -2.48. The molecule has 0 aliphatic carbocycles. The monoisotopic (exact) mass is 680 g/mol. The number of aromatic amines is 1. The molecular formula is C33H34BrClN4O3S. The minimum Gasteiger partial charge on any atom is -0.379 e. The van der Waals surface area contributed by atoms with Crippen molar-refractivity contribution in [1.82, 2.24) is 20.1 Å². The fourth-order valence-corrected chi connectivity index (χ4v) is 7.99. The summed E-state index contributed by atoms with van der Waals surface area (Å²) >= 11 is 11.3. The maximum atomic E-state index is 14.5. The van der Waals surface area contributed by atoms with Crippen molar-refractivity contribution in [2.75, 3.05) is 39.4 Å². The molecule has 2 aliphatic heterocycles. The molecule has 4 aromatic rings. The number of ether oxygens (including phenoxy) is 1. The van der Waals surface area contributed by atoms with Gasteiger partial charge in [-0.1, -0.05) is 57.9 Å². The minimum absolute atomic E-state index is 0.0591. The van der Waals surface area contributed by atoms with Crippen LogP contribution < -0.4 is 5.32 Å². The number of rotatable bonds is 10. The van der Waals surface area contributed by atoms with Crippen molar-refractivity contribution in [3.63, 3.8) is 0 Å². The third-order valence-corrected chi connectivity index (χ3v) is 10.4. The van der Waals surface area contributed by atoms with Gasteiger partial charge in [-0.2, -0.15) is 0 Å². The van der Waals surface area contributed by atoms with Gasteiger partial charge in [-0.05, 0) is 61.0 Å². The molecule has 224 valence electrons. The number of fused-ring (bicyclic) bond motifs is 1. The Morgan fingerprint density at radius 2 is 1.86 bits per heavy atom. The number of morpholine rings is 1. The highest BCUT2D eigenvalue weighted by Crippen LogP contribution is 2.54. The predicted octanol–water partition coefficient (Wildman–Crippen LogP) is 6.43. The van der Waals surface area contributed by atoms with E-state index in [-0.39, 0.29) is 18.2 Å². The summed E-state index contributed by atoms with van der Waals surface area (Å²) in [7, 11) is 0. The maximum absolute atomic E-state index is 14.5. The number of carbonyl (C=O) groups is 2. The molecule has 0 saturated carbocycles. The van der Waals surface area contributed by atoms with Crippen LogP contribution in [0.15, 0.2) is 88.4 Å². The Labute approximate surface area is 269 Å². The first-order valence-corrected chi connectivity index (χ1v) is 16.5. The Balaban J connectivity index is 1.38. The number of hydrogen-bond donors (Lipinski definition) is 2. The average Bonchev–Trinajstić information content (AvgIpc) is 3.54. The summed E-state index contributed by atoms with van der Waals surface area (Å²) in [5.74, 6) is -0.180. The Bertz CT molecular complexity index is 1580. The third kappa shape index (κ3) is 6.66. The van der Waals surface area contributed by atoms with E-state index in [2.05, 4.69) is 37.2 Å². The summed E-state index contributed by atoms with van der Waals surface area (Å²) in [4.78, 5) is 37.2. The number of hydrogen-bond acceptors (Lipinski definition) is 5. The Hall–Kier alpha value is -2.82. The lowest BCUT2D eigenvalue weighted by Gasteiger charge is -2.36. The topological polar surface area (TPSA) is 77.7 Å². The lowest BCUT2D eigenvalue weighted by atomic mass is 9.91.